The number of aromatic nitrogens is 1. The van der Waals surface area contributed by atoms with Crippen LogP contribution in [-0.4, -0.2) is 72.0 Å². The highest BCUT2D eigenvalue weighted by Crippen LogP contribution is 2.38. The minimum Gasteiger partial charge on any atom is -0.477 e. The Morgan fingerprint density at radius 2 is 1.71 bits per heavy atom. The Morgan fingerprint density at radius 1 is 1.03 bits per heavy atom. The molecule has 0 spiro atoms. The highest BCUT2D eigenvalue weighted by Gasteiger charge is 2.48. The van der Waals surface area contributed by atoms with E-state index in [1.165, 1.54) is 13.8 Å². The van der Waals surface area contributed by atoms with Gasteiger partial charge in [0.2, 0.25) is 5.88 Å². The zero-order valence-electron chi connectivity index (χ0n) is 22.0. The quantitative estimate of drug-likeness (QED) is 0.393. The highest BCUT2D eigenvalue weighted by molar-refractivity contribution is 5.95. The maximum Gasteiger partial charge on any atom is 0.395 e. The molecule has 4 rings (SSSR count). The summed E-state index contributed by atoms with van der Waals surface area (Å²) in [6, 6.07) is 11.1. The van der Waals surface area contributed by atoms with E-state index in [9.17, 15) is 22.8 Å². The van der Waals surface area contributed by atoms with Crippen molar-refractivity contribution >= 4 is 12.2 Å². The van der Waals surface area contributed by atoms with Crippen molar-refractivity contribution < 1.29 is 27.5 Å². The van der Waals surface area contributed by atoms with Crippen LogP contribution >= 0.6 is 0 Å². The summed E-state index contributed by atoms with van der Waals surface area (Å²) >= 11 is 0. The van der Waals surface area contributed by atoms with Crippen LogP contribution in [0, 0.1) is 11.3 Å². The molecule has 2 saturated heterocycles. The number of halogens is 3. The molecule has 2 aliphatic rings. The predicted octanol–water partition coefficient (Wildman–Crippen LogP) is 5.62. The average molecular weight is 532 g/mol. The number of likely N-dealkylation sites (tertiary alicyclic amines) is 2. The second-order valence-electron chi connectivity index (χ2n) is 11.1. The summed E-state index contributed by atoms with van der Waals surface area (Å²) in [4.78, 5) is 31.9. The Kier molecular flexibility index (Phi) is 8.75. The van der Waals surface area contributed by atoms with Crippen molar-refractivity contribution in [3.8, 4) is 17.0 Å². The number of carbonyl (C=O) groups is 2. The monoisotopic (exact) mass is 531 g/mol. The van der Waals surface area contributed by atoms with Crippen LogP contribution in [0.25, 0.3) is 11.1 Å². The summed E-state index contributed by atoms with van der Waals surface area (Å²) in [6.45, 7) is 4.96. The van der Waals surface area contributed by atoms with E-state index in [1.54, 1.807) is 23.2 Å². The van der Waals surface area contributed by atoms with Crippen LogP contribution < -0.4 is 4.74 Å². The molecule has 0 radical (unpaired) electrons. The number of nitrogens with zero attached hydrogens (tertiary/aromatic N) is 3. The molecule has 1 amide bonds. The number of alkyl halides is 3. The summed E-state index contributed by atoms with van der Waals surface area (Å²) in [5, 5.41) is 0. The van der Waals surface area contributed by atoms with E-state index in [4.69, 9.17) is 4.74 Å². The Labute approximate surface area is 222 Å². The van der Waals surface area contributed by atoms with Crippen LogP contribution in [0.2, 0.25) is 0 Å². The molecule has 1 aromatic heterocycles. The topological polar surface area (TPSA) is 62.7 Å². The van der Waals surface area contributed by atoms with Crippen LogP contribution in [0.3, 0.4) is 0 Å². The zero-order valence-corrected chi connectivity index (χ0v) is 22.0. The van der Waals surface area contributed by atoms with Crippen molar-refractivity contribution in [1.29, 1.82) is 0 Å². The van der Waals surface area contributed by atoms with Crippen LogP contribution in [-0.2, 0) is 4.79 Å². The lowest BCUT2D eigenvalue weighted by molar-refractivity contribution is -0.217. The summed E-state index contributed by atoms with van der Waals surface area (Å²) < 4.78 is 45.4. The standard InChI is InChI=1S/C29H36F3N3O3/c1-28(2,29(30,31)32)20-34-15-11-21(12-16-34)19-38-26-10-9-24(18-33-26)22-5-7-23(8-6-22)27(37)35-14-3-4-25(35)13-17-36/h5-10,17-18,21,25H,3-4,11-16,19-20H2,1-2H3. The lowest BCUT2D eigenvalue weighted by Crippen LogP contribution is -2.46. The van der Waals surface area contributed by atoms with E-state index in [1.807, 2.05) is 29.2 Å². The van der Waals surface area contributed by atoms with Crippen molar-refractivity contribution in [2.24, 2.45) is 11.3 Å². The summed E-state index contributed by atoms with van der Waals surface area (Å²) in [6.07, 6.45) is 2.15. The first-order valence-electron chi connectivity index (χ1n) is 13.3. The van der Waals surface area contributed by atoms with Gasteiger partial charge in [0.25, 0.3) is 5.91 Å². The number of carbonyl (C=O) groups excluding carboxylic acids is 2. The van der Waals surface area contributed by atoms with E-state index in [0.29, 0.717) is 44.1 Å². The van der Waals surface area contributed by atoms with Crippen LogP contribution in [0.1, 0.15) is 56.3 Å². The molecular formula is C29H36F3N3O3. The molecular weight excluding hydrogens is 495 g/mol. The molecule has 1 atom stereocenters. The van der Waals surface area contributed by atoms with Crippen molar-refractivity contribution in [3.63, 3.8) is 0 Å². The molecule has 1 aromatic carbocycles. The van der Waals surface area contributed by atoms with Crippen molar-refractivity contribution in [2.75, 3.05) is 32.8 Å². The van der Waals surface area contributed by atoms with Gasteiger partial charge in [-0.05, 0) is 82.3 Å². The molecule has 0 N–H and O–H groups in total. The average Bonchev–Trinajstić information content (AvgIpc) is 3.36. The molecule has 0 aliphatic carbocycles. The number of benzene rings is 1. The summed E-state index contributed by atoms with van der Waals surface area (Å²) in [7, 11) is 0. The normalized spacial score (nSPS) is 19.5. The number of hydrogen-bond acceptors (Lipinski definition) is 5. The third kappa shape index (κ3) is 6.73. The number of amides is 1. The van der Waals surface area contributed by atoms with Gasteiger partial charge in [0.15, 0.2) is 0 Å². The molecule has 0 bridgehead atoms. The number of piperidine rings is 1. The Hall–Kier alpha value is -2.94. The highest BCUT2D eigenvalue weighted by atomic mass is 19.4. The van der Waals surface area contributed by atoms with E-state index in [2.05, 4.69) is 4.98 Å². The van der Waals surface area contributed by atoms with Crippen LogP contribution in [0.4, 0.5) is 13.2 Å². The summed E-state index contributed by atoms with van der Waals surface area (Å²) in [5.41, 5.74) is 0.719. The fourth-order valence-corrected chi connectivity index (χ4v) is 5.23. The third-order valence-corrected chi connectivity index (χ3v) is 7.77. The second-order valence-corrected chi connectivity index (χ2v) is 11.1. The lowest BCUT2D eigenvalue weighted by Gasteiger charge is -2.38. The number of ether oxygens (including phenoxy) is 1. The van der Waals surface area contributed by atoms with Gasteiger partial charge in [0, 0.05) is 48.9 Å². The van der Waals surface area contributed by atoms with Gasteiger partial charge in [0.1, 0.15) is 6.29 Å². The Bertz CT molecular complexity index is 1080. The zero-order chi connectivity index (χ0) is 27.3. The minimum atomic E-state index is -4.21. The molecule has 2 aliphatic heterocycles. The molecule has 3 heterocycles. The van der Waals surface area contributed by atoms with Gasteiger partial charge in [0.05, 0.1) is 12.0 Å². The molecule has 0 saturated carbocycles. The molecule has 1 unspecified atom stereocenters. The second kappa shape index (κ2) is 11.8. The van der Waals surface area contributed by atoms with E-state index < -0.39 is 11.6 Å². The van der Waals surface area contributed by atoms with Gasteiger partial charge >= 0.3 is 6.18 Å². The fourth-order valence-electron chi connectivity index (χ4n) is 5.23. The Balaban J connectivity index is 1.25. The Morgan fingerprint density at radius 3 is 2.32 bits per heavy atom. The van der Waals surface area contributed by atoms with Gasteiger partial charge in [-0.3, -0.25) is 4.79 Å². The van der Waals surface area contributed by atoms with Crippen molar-refractivity contribution in [3.05, 3.63) is 48.2 Å². The molecule has 206 valence electrons. The first kappa shape index (κ1) is 28.1. The molecule has 38 heavy (non-hydrogen) atoms. The predicted molar refractivity (Wildman–Crippen MR) is 139 cm³/mol. The maximum absolute atomic E-state index is 13.2. The SMILES string of the molecule is CC(C)(CN1CCC(COc2ccc(-c3ccc(C(=O)N4CCCC4CC=O)cc3)cn2)CC1)C(F)(F)F. The van der Waals surface area contributed by atoms with Crippen LogP contribution in [0.15, 0.2) is 42.6 Å². The molecule has 9 heteroatoms. The van der Waals surface area contributed by atoms with Gasteiger partial charge in [-0.1, -0.05) is 12.1 Å². The molecule has 2 aromatic rings. The third-order valence-electron chi connectivity index (χ3n) is 7.77. The first-order valence-corrected chi connectivity index (χ1v) is 13.3. The van der Waals surface area contributed by atoms with Crippen LogP contribution in [0.5, 0.6) is 5.88 Å². The van der Waals surface area contributed by atoms with Gasteiger partial charge in [-0.15, -0.1) is 0 Å². The number of aldehydes is 1. The van der Waals surface area contributed by atoms with Crippen molar-refractivity contribution in [2.45, 2.75) is 58.2 Å². The largest absolute Gasteiger partial charge is 0.477 e. The number of pyridine rings is 1. The number of rotatable bonds is 9. The van der Waals surface area contributed by atoms with E-state index >= 15 is 0 Å². The summed E-state index contributed by atoms with van der Waals surface area (Å²) in [5.74, 6) is 0.752. The van der Waals surface area contributed by atoms with Gasteiger partial charge in [-0.2, -0.15) is 13.2 Å². The minimum absolute atomic E-state index is 0.00879. The smallest absolute Gasteiger partial charge is 0.395 e. The van der Waals surface area contributed by atoms with Gasteiger partial charge < -0.3 is 19.3 Å². The number of hydrogen-bond donors (Lipinski definition) is 0. The van der Waals surface area contributed by atoms with E-state index in [0.717, 1.165) is 43.1 Å². The van der Waals surface area contributed by atoms with Crippen molar-refractivity contribution in [1.82, 2.24) is 14.8 Å². The van der Waals surface area contributed by atoms with Gasteiger partial charge in [-0.25, -0.2) is 4.98 Å². The molecule has 6 nitrogen and oxygen atoms in total. The lowest BCUT2D eigenvalue weighted by atomic mass is 9.89. The first-order chi connectivity index (χ1) is 18.1. The molecule has 2 fully saturated rings. The fraction of sp³-hybridized carbons (Fsp3) is 0.552. The van der Waals surface area contributed by atoms with E-state index in [-0.39, 0.29) is 24.4 Å². The maximum atomic E-state index is 13.2.